The molecule has 0 rings (SSSR count). The van der Waals surface area contributed by atoms with E-state index in [0.29, 0.717) is 5.47 Å². The number of carboxylic acid groups (broad SMARTS) is 1. The van der Waals surface area contributed by atoms with Crippen LogP contribution in [0.1, 0.15) is 0 Å². The van der Waals surface area contributed by atoms with E-state index in [2.05, 4.69) is 0 Å². The SMILES string of the molecule is BC(B)=C(B)C(=O)O. The molecule has 0 spiro atoms. The highest BCUT2D eigenvalue weighted by Gasteiger charge is 1.98. The summed E-state index contributed by atoms with van der Waals surface area (Å²) in [4.78, 5) is 10.1. The molecule has 0 aliphatic carbocycles. The second-order valence-corrected chi connectivity index (χ2v) is 1.93. The summed E-state index contributed by atoms with van der Waals surface area (Å²) in [5, 5.41) is 9.15. The third-order valence-corrected chi connectivity index (χ3v) is 1.07. The molecule has 1 N–H and O–H groups in total. The van der Waals surface area contributed by atoms with Gasteiger partial charge in [0.25, 0.3) is 0 Å². The molecule has 0 amide bonds. The maximum atomic E-state index is 10.1. The Morgan fingerprint density at radius 3 is 1.62 bits per heavy atom. The van der Waals surface area contributed by atoms with E-state index in [9.17, 15) is 4.79 Å². The van der Waals surface area contributed by atoms with E-state index in [0.717, 1.165) is 5.37 Å². The molecule has 0 aromatic carbocycles. The van der Waals surface area contributed by atoms with Gasteiger partial charge in [-0.25, -0.2) is 4.79 Å². The minimum atomic E-state index is -0.829. The largest absolute Gasteiger partial charge is 0.479 e. The van der Waals surface area contributed by atoms with Gasteiger partial charge in [-0.15, -0.1) is 5.37 Å². The Morgan fingerprint density at radius 2 is 1.62 bits per heavy atom. The number of carbonyl (C=O) groups is 1. The highest BCUT2D eigenvalue weighted by molar-refractivity contribution is 6.55. The number of aliphatic carboxylic acids is 1. The molecule has 0 atom stereocenters. The van der Waals surface area contributed by atoms with Gasteiger partial charge in [0.05, 0.1) is 0 Å². The average molecular weight is 108 g/mol. The summed E-state index contributed by atoms with van der Waals surface area (Å²) in [6.07, 6.45) is 0. The van der Waals surface area contributed by atoms with Crippen molar-refractivity contribution in [1.29, 1.82) is 0 Å². The molecule has 0 aliphatic heterocycles. The Labute approximate surface area is 51.2 Å². The van der Waals surface area contributed by atoms with Crippen LogP contribution in [0.4, 0.5) is 0 Å². The van der Waals surface area contributed by atoms with E-state index in [1.807, 2.05) is 0 Å². The number of carboxylic acids is 1. The average Bonchev–Trinajstić information content (AvgIpc) is 1.64. The highest BCUT2D eigenvalue weighted by Crippen LogP contribution is 1.88. The smallest absolute Gasteiger partial charge is 0.320 e. The van der Waals surface area contributed by atoms with Crippen molar-refractivity contribution in [3.8, 4) is 0 Å². The lowest BCUT2D eigenvalue weighted by Gasteiger charge is -1.92. The lowest BCUT2D eigenvalue weighted by Crippen LogP contribution is -2.04. The summed E-state index contributed by atoms with van der Waals surface area (Å²) in [5.41, 5.74) is 0.435. The lowest BCUT2D eigenvalue weighted by molar-refractivity contribution is -0.131. The predicted molar refractivity (Wildman–Crippen MR) is 40.3 cm³/mol. The molecular formula is C3H7B3O2. The van der Waals surface area contributed by atoms with E-state index < -0.39 is 5.97 Å². The van der Waals surface area contributed by atoms with Crippen molar-refractivity contribution in [2.24, 2.45) is 0 Å². The van der Waals surface area contributed by atoms with Gasteiger partial charge < -0.3 is 5.11 Å². The van der Waals surface area contributed by atoms with Crippen molar-refractivity contribution < 1.29 is 9.90 Å². The summed E-state index contributed by atoms with van der Waals surface area (Å²) in [6.45, 7) is 0. The van der Waals surface area contributed by atoms with Crippen molar-refractivity contribution >= 4 is 29.5 Å². The first kappa shape index (κ1) is 7.40. The summed E-state index contributed by atoms with van der Waals surface area (Å²) in [5.74, 6) is -0.829. The Balaban J connectivity index is 4.23. The summed E-state index contributed by atoms with van der Waals surface area (Å²) in [6, 6.07) is 0. The molecular weight excluding hydrogens is 100 g/mol. The van der Waals surface area contributed by atoms with Gasteiger partial charge in [-0.1, -0.05) is 0 Å². The Morgan fingerprint density at radius 1 is 1.25 bits per heavy atom. The fraction of sp³-hybridized carbons (Fsp3) is 0. The van der Waals surface area contributed by atoms with Crippen LogP contribution >= 0.6 is 0 Å². The predicted octanol–water partition coefficient (Wildman–Crippen LogP) is -2.86. The van der Waals surface area contributed by atoms with Crippen LogP contribution in [0.5, 0.6) is 0 Å². The van der Waals surface area contributed by atoms with Crippen LogP contribution in [0.2, 0.25) is 0 Å². The standard InChI is InChI=1S/C3H7B3O2/c4-1(2(5)6)3(7)8/h4-6H2,(H,7,8). The fourth-order valence-corrected chi connectivity index (χ4v) is 0.214. The van der Waals surface area contributed by atoms with Gasteiger partial charge >= 0.3 is 5.97 Å². The molecule has 0 bridgehead atoms. The molecule has 0 saturated heterocycles. The molecule has 0 heterocycles. The Hall–Kier alpha value is -0.595. The van der Waals surface area contributed by atoms with Crippen LogP contribution in [0.3, 0.4) is 0 Å². The monoisotopic (exact) mass is 108 g/mol. The van der Waals surface area contributed by atoms with E-state index >= 15 is 0 Å². The molecule has 8 heavy (non-hydrogen) atoms. The van der Waals surface area contributed by atoms with Crippen molar-refractivity contribution in [3.63, 3.8) is 0 Å². The third kappa shape index (κ3) is 1.91. The highest BCUT2D eigenvalue weighted by atomic mass is 16.4. The van der Waals surface area contributed by atoms with Crippen LogP contribution < -0.4 is 0 Å². The zero-order valence-electron chi connectivity index (χ0n) is 5.36. The molecule has 0 radical (unpaired) electrons. The van der Waals surface area contributed by atoms with Gasteiger partial charge in [-0.05, 0) is 5.47 Å². The number of hydrogen-bond acceptors (Lipinski definition) is 1. The minimum absolute atomic E-state index is 0.435. The number of rotatable bonds is 1. The van der Waals surface area contributed by atoms with Crippen LogP contribution in [-0.4, -0.2) is 34.6 Å². The fourth-order valence-electron chi connectivity index (χ4n) is 0.214. The van der Waals surface area contributed by atoms with E-state index in [-0.39, 0.29) is 0 Å². The minimum Gasteiger partial charge on any atom is -0.479 e. The maximum absolute atomic E-state index is 10.1. The number of hydrogen-bond donors (Lipinski definition) is 1. The maximum Gasteiger partial charge on any atom is 0.320 e. The van der Waals surface area contributed by atoms with Crippen molar-refractivity contribution in [2.45, 2.75) is 0 Å². The van der Waals surface area contributed by atoms with E-state index in [1.54, 1.807) is 23.5 Å². The van der Waals surface area contributed by atoms with Crippen LogP contribution in [0.25, 0.3) is 0 Å². The molecule has 5 heteroatoms. The molecule has 0 aromatic heterocycles. The summed E-state index contributed by atoms with van der Waals surface area (Å²) < 4.78 is 0. The quantitative estimate of drug-likeness (QED) is 0.289. The topological polar surface area (TPSA) is 37.3 Å². The first-order valence-corrected chi connectivity index (χ1v) is 2.43. The second-order valence-electron chi connectivity index (χ2n) is 1.93. The van der Waals surface area contributed by atoms with Crippen LogP contribution in [0.15, 0.2) is 10.8 Å². The van der Waals surface area contributed by atoms with Crippen LogP contribution in [-0.2, 0) is 4.79 Å². The Kier molecular flexibility index (Phi) is 2.45. The molecule has 0 fully saturated rings. The van der Waals surface area contributed by atoms with Crippen molar-refractivity contribution in [2.75, 3.05) is 0 Å². The van der Waals surface area contributed by atoms with Crippen LogP contribution in [0, 0.1) is 0 Å². The summed E-state index contributed by atoms with van der Waals surface area (Å²) in [7, 11) is 5.16. The summed E-state index contributed by atoms with van der Waals surface area (Å²) >= 11 is 0. The Bertz CT molecular complexity index is 135. The molecule has 40 valence electrons. The third-order valence-electron chi connectivity index (χ3n) is 1.07. The molecule has 0 aliphatic rings. The van der Waals surface area contributed by atoms with Crippen molar-refractivity contribution in [3.05, 3.63) is 10.8 Å². The van der Waals surface area contributed by atoms with Gasteiger partial charge in [0, 0.05) is 0 Å². The van der Waals surface area contributed by atoms with Gasteiger partial charge in [-0.3, -0.25) is 0 Å². The molecule has 0 saturated carbocycles. The van der Waals surface area contributed by atoms with E-state index in [1.165, 1.54) is 0 Å². The first-order chi connectivity index (χ1) is 3.55. The van der Waals surface area contributed by atoms with Gasteiger partial charge in [-0.2, -0.15) is 0 Å². The van der Waals surface area contributed by atoms with Gasteiger partial charge in [0.2, 0.25) is 0 Å². The molecule has 0 aromatic rings. The zero-order chi connectivity index (χ0) is 6.73. The zero-order valence-corrected chi connectivity index (χ0v) is 5.36. The molecule has 2 nitrogen and oxygen atoms in total. The normalized spacial score (nSPS) is 8.00. The van der Waals surface area contributed by atoms with Crippen molar-refractivity contribution in [1.82, 2.24) is 0 Å². The lowest BCUT2D eigenvalue weighted by atomic mass is 9.69. The first-order valence-electron chi connectivity index (χ1n) is 2.43. The molecule has 0 unspecified atom stereocenters. The second kappa shape index (κ2) is 2.65. The van der Waals surface area contributed by atoms with E-state index in [4.69, 9.17) is 5.11 Å². The van der Waals surface area contributed by atoms with Gasteiger partial charge in [0.1, 0.15) is 23.5 Å². The van der Waals surface area contributed by atoms with Gasteiger partial charge in [0.15, 0.2) is 0 Å².